The van der Waals surface area contributed by atoms with Gasteiger partial charge in [0.1, 0.15) is 11.5 Å². The molecule has 0 saturated carbocycles. The van der Waals surface area contributed by atoms with Gasteiger partial charge in [-0.25, -0.2) is 4.68 Å². The lowest BCUT2D eigenvalue weighted by Crippen LogP contribution is -2.27. The number of amides is 1. The van der Waals surface area contributed by atoms with Gasteiger partial charge in [-0.15, -0.1) is 0 Å². The fraction of sp³-hybridized carbons (Fsp3) is 0.238. The summed E-state index contributed by atoms with van der Waals surface area (Å²) in [5, 5.41) is 7.38. The molecule has 0 aliphatic carbocycles. The Kier molecular flexibility index (Phi) is 5.45. The Bertz CT molecular complexity index is 935. The van der Waals surface area contributed by atoms with Crippen molar-refractivity contribution in [1.82, 2.24) is 15.1 Å². The Balaban J connectivity index is 1.81. The van der Waals surface area contributed by atoms with Gasteiger partial charge in [0.15, 0.2) is 0 Å². The molecule has 1 aromatic heterocycles. The molecule has 3 aromatic rings. The van der Waals surface area contributed by atoms with Crippen molar-refractivity contribution in [3.63, 3.8) is 0 Å². The van der Waals surface area contributed by atoms with Gasteiger partial charge in [-0.05, 0) is 38.1 Å². The number of ether oxygens (including phenoxy) is 2. The lowest BCUT2D eigenvalue weighted by atomic mass is 10.1. The standard InChI is InChI=1S/C21H23N3O3/c1-14(18-11-10-17(26-3)12-20(18)27-4)23-21(25)19-13-22-24(15(19)2)16-8-6-5-7-9-16/h5-14H,1-4H3,(H,23,25). The molecule has 0 fully saturated rings. The van der Waals surface area contributed by atoms with Crippen molar-refractivity contribution in [2.45, 2.75) is 19.9 Å². The Hall–Kier alpha value is -3.28. The third kappa shape index (κ3) is 3.79. The summed E-state index contributed by atoms with van der Waals surface area (Å²) in [6.45, 7) is 3.80. The zero-order valence-corrected chi connectivity index (χ0v) is 15.9. The van der Waals surface area contributed by atoms with E-state index in [1.165, 1.54) is 0 Å². The minimum atomic E-state index is -0.238. The van der Waals surface area contributed by atoms with E-state index in [9.17, 15) is 4.79 Å². The maximum Gasteiger partial charge on any atom is 0.255 e. The monoisotopic (exact) mass is 365 g/mol. The maximum atomic E-state index is 12.8. The van der Waals surface area contributed by atoms with Crippen LogP contribution in [-0.4, -0.2) is 29.9 Å². The van der Waals surface area contributed by atoms with E-state index in [2.05, 4.69) is 10.4 Å². The van der Waals surface area contributed by atoms with Gasteiger partial charge in [0.25, 0.3) is 5.91 Å². The van der Waals surface area contributed by atoms with E-state index in [1.807, 2.05) is 56.3 Å². The summed E-state index contributed by atoms with van der Waals surface area (Å²) in [6, 6.07) is 15.0. The van der Waals surface area contributed by atoms with Gasteiger partial charge in [-0.3, -0.25) is 4.79 Å². The molecule has 3 rings (SSSR count). The van der Waals surface area contributed by atoms with Crippen molar-refractivity contribution in [2.75, 3.05) is 14.2 Å². The van der Waals surface area contributed by atoms with Crippen LogP contribution in [0.3, 0.4) is 0 Å². The summed E-state index contributed by atoms with van der Waals surface area (Å²) >= 11 is 0. The van der Waals surface area contributed by atoms with Crippen molar-refractivity contribution in [3.05, 3.63) is 71.5 Å². The number of para-hydroxylation sites is 1. The number of benzene rings is 2. The molecular weight excluding hydrogens is 342 g/mol. The molecule has 1 unspecified atom stereocenters. The molecule has 0 saturated heterocycles. The maximum absolute atomic E-state index is 12.8. The molecule has 1 amide bonds. The van der Waals surface area contributed by atoms with Gasteiger partial charge in [-0.1, -0.05) is 18.2 Å². The topological polar surface area (TPSA) is 65.4 Å². The van der Waals surface area contributed by atoms with Crippen molar-refractivity contribution in [1.29, 1.82) is 0 Å². The fourth-order valence-electron chi connectivity index (χ4n) is 2.99. The summed E-state index contributed by atoms with van der Waals surface area (Å²) in [4.78, 5) is 12.8. The zero-order valence-electron chi connectivity index (χ0n) is 15.9. The first-order valence-corrected chi connectivity index (χ1v) is 8.68. The van der Waals surface area contributed by atoms with Crippen LogP contribution in [0.2, 0.25) is 0 Å². The molecule has 1 atom stereocenters. The fourth-order valence-corrected chi connectivity index (χ4v) is 2.99. The normalized spacial score (nSPS) is 11.7. The molecule has 2 aromatic carbocycles. The highest BCUT2D eigenvalue weighted by molar-refractivity contribution is 5.95. The first-order valence-electron chi connectivity index (χ1n) is 8.68. The number of carbonyl (C=O) groups excluding carboxylic acids is 1. The smallest absolute Gasteiger partial charge is 0.255 e. The number of aromatic nitrogens is 2. The average molecular weight is 365 g/mol. The molecule has 0 bridgehead atoms. The highest BCUT2D eigenvalue weighted by Crippen LogP contribution is 2.29. The zero-order chi connectivity index (χ0) is 19.4. The van der Waals surface area contributed by atoms with Crippen LogP contribution in [0.5, 0.6) is 11.5 Å². The van der Waals surface area contributed by atoms with E-state index in [4.69, 9.17) is 9.47 Å². The SMILES string of the molecule is COc1ccc(C(C)NC(=O)c2cnn(-c3ccccc3)c2C)c(OC)c1. The van der Waals surface area contributed by atoms with Gasteiger partial charge in [-0.2, -0.15) is 5.10 Å². The van der Waals surface area contributed by atoms with Gasteiger partial charge >= 0.3 is 0 Å². The Morgan fingerprint density at radius 3 is 2.52 bits per heavy atom. The number of nitrogens with one attached hydrogen (secondary N) is 1. The van der Waals surface area contributed by atoms with Crippen LogP contribution < -0.4 is 14.8 Å². The predicted molar refractivity (Wildman–Crippen MR) is 104 cm³/mol. The van der Waals surface area contributed by atoms with Gasteiger partial charge < -0.3 is 14.8 Å². The van der Waals surface area contributed by atoms with Crippen molar-refractivity contribution >= 4 is 5.91 Å². The van der Waals surface area contributed by atoms with E-state index in [0.717, 1.165) is 16.9 Å². The first kappa shape index (κ1) is 18.5. The second-order valence-electron chi connectivity index (χ2n) is 6.19. The molecular formula is C21H23N3O3. The molecule has 6 nitrogen and oxygen atoms in total. The first-order chi connectivity index (χ1) is 13.0. The molecule has 0 spiro atoms. The summed E-state index contributed by atoms with van der Waals surface area (Å²) in [5.74, 6) is 1.19. The van der Waals surface area contributed by atoms with E-state index < -0.39 is 0 Å². The quantitative estimate of drug-likeness (QED) is 0.724. The Morgan fingerprint density at radius 2 is 1.85 bits per heavy atom. The van der Waals surface area contributed by atoms with E-state index >= 15 is 0 Å². The summed E-state index contributed by atoms with van der Waals surface area (Å²) in [5.41, 5.74) is 3.12. The van der Waals surface area contributed by atoms with Crippen molar-refractivity contribution < 1.29 is 14.3 Å². The van der Waals surface area contributed by atoms with Crippen LogP contribution in [0.1, 0.15) is 34.6 Å². The van der Waals surface area contributed by atoms with E-state index in [0.29, 0.717) is 17.1 Å². The van der Waals surface area contributed by atoms with Crippen LogP contribution in [0.4, 0.5) is 0 Å². The molecule has 0 aliphatic rings. The summed E-state index contributed by atoms with van der Waals surface area (Å²) in [6.07, 6.45) is 1.59. The lowest BCUT2D eigenvalue weighted by molar-refractivity contribution is 0.0939. The highest BCUT2D eigenvalue weighted by Gasteiger charge is 2.19. The van der Waals surface area contributed by atoms with Crippen LogP contribution in [0.15, 0.2) is 54.7 Å². The second-order valence-corrected chi connectivity index (χ2v) is 6.19. The Morgan fingerprint density at radius 1 is 1.11 bits per heavy atom. The molecule has 0 aliphatic heterocycles. The third-order valence-corrected chi connectivity index (χ3v) is 4.51. The van der Waals surface area contributed by atoms with Crippen molar-refractivity contribution in [2.24, 2.45) is 0 Å². The number of rotatable bonds is 6. The van der Waals surface area contributed by atoms with Crippen LogP contribution >= 0.6 is 0 Å². The van der Waals surface area contributed by atoms with Gasteiger partial charge in [0.05, 0.1) is 43.4 Å². The van der Waals surface area contributed by atoms with E-state index in [-0.39, 0.29) is 11.9 Å². The molecule has 0 radical (unpaired) electrons. The van der Waals surface area contributed by atoms with E-state index in [1.54, 1.807) is 31.2 Å². The van der Waals surface area contributed by atoms with Crippen LogP contribution in [0.25, 0.3) is 5.69 Å². The molecule has 1 heterocycles. The minimum absolute atomic E-state index is 0.181. The average Bonchev–Trinajstić information content (AvgIpc) is 3.09. The third-order valence-electron chi connectivity index (χ3n) is 4.51. The Labute approximate surface area is 158 Å². The number of methoxy groups -OCH3 is 2. The van der Waals surface area contributed by atoms with Crippen molar-refractivity contribution in [3.8, 4) is 17.2 Å². The minimum Gasteiger partial charge on any atom is -0.497 e. The van der Waals surface area contributed by atoms with Gasteiger partial charge in [0.2, 0.25) is 0 Å². The molecule has 27 heavy (non-hydrogen) atoms. The summed E-state index contributed by atoms with van der Waals surface area (Å²) in [7, 11) is 3.20. The molecule has 1 N–H and O–H groups in total. The summed E-state index contributed by atoms with van der Waals surface area (Å²) < 4.78 is 12.4. The van der Waals surface area contributed by atoms with Crippen LogP contribution in [0, 0.1) is 6.92 Å². The number of nitrogens with zero attached hydrogens (tertiary/aromatic N) is 2. The number of carbonyl (C=O) groups is 1. The molecule has 6 heteroatoms. The number of hydrogen-bond donors (Lipinski definition) is 1. The predicted octanol–water partition coefficient (Wildman–Crippen LogP) is 3.69. The second kappa shape index (κ2) is 7.95. The number of hydrogen-bond acceptors (Lipinski definition) is 4. The largest absolute Gasteiger partial charge is 0.497 e. The highest BCUT2D eigenvalue weighted by atomic mass is 16.5. The molecule has 140 valence electrons. The lowest BCUT2D eigenvalue weighted by Gasteiger charge is -2.18. The van der Waals surface area contributed by atoms with Crippen LogP contribution in [-0.2, 0) is 0 Å². The van der Waals surface area contributed by atoms with Gasteiger partial charge in [0, 0.05) is 11.6 Å².